The zero-order chi connectivity index (χ0) is 13.3. The van der Waals surface area contributed by atoms with E-state index >= 15 is 0 Å². The normalized spacial score (nSPS) is 10.4. The third-order valence-electron chi connectivity index (χ3n) is 2.31. The van der Waals surface area contributed by atoms with E-state index in [2.05, 4.69) is 26.0 Å². The lowest BCUT2D eigenvalue weighted by Gasteiger charge is -2.07. The lowest BCUT2D eigenvalue weighted by Crippen LogP contribution is -2.11. The van der Waals surface area contributed by atoms with Gasteiger partial charge in [0.05, 0.1) is 17.5 Å². The first-order chi connectivity index (χ1) is 8.49. The molecule has 0 saturated carbocycles. The van der Waals surface area contributed by atoms with Crippen molar-refractivity contribution in [1.82, 2.24) is 14.8 Å². The van der Waals surface area contributed by atoms with Crippen LogP contribution < -0.4 is 10.5 Å². The maximum atomic E-state index is 5.74. The van der Waals surface area contributed by atoms with Crippen molar-refractivity contribution in [2.45, 2.75) is 6.92 Å². The third-order valence-corrected chi connectivity index (χ3v) is 2.95. The summed E-state index contributed by atoms with van der Waals surface area (Å²) in [5.41, 5.74) is 7.07. The Kier molecular flexibility index (Phi) is 3.63. The van der Waals surface area contributed by atoms with E-state index in [-0.39, 0.29) is 4.99 Å². The lowest BCUT2D eigenvalue weighted by atomic mass is 10.2. The van der Waals surface area contributed by atoms with Gasteiger partial charge in [0.2, 0.25) is 5.88 Å². The monoisotopic (exact) mass is 326 g/mol. The zero-order valence-electron chi connectivity index (χ0n) is 9.85. The van der Waals surface area contributed by atoms with E-state index in [1.165, 1.54) is 0 Å². The SMILES string of the molecule is Cc1nn(C)c(Oc2cncc(Br)c2)c1C(N)=S. The van der Waals surface area contributed by atoms with Crippen molar-refractivity contribution >= 4 is 33.1 Å². The Bertz CT molecular complexity index is 611. The second-order valence-corrected chi connectivity index (χ2v) is 5.05. The van der Waals surface area contributed by atoms with Gasteiger partial charge in [-0.1, -0.05) is 12.2 Å². The molecule has 5 nitrogen and oxygen atoms in total. The first kappa shape index (κ1) is 13.0. The van der Waals surface area contributed by atoms with Gasteiger partial charge in [-0.15, -0.1) is 0 Å². The summed E-state index contributed by atoms with van der Waals surface area (Å²) in [6.45, 7) is 1.83. The van der Waals surface area contributed by atoms with Crippen molar-refractivity contribution in [3.63, 3.8) is 0 Å². The minimum absolute atomic E-state index is 0.263. The highest BCUT2D eigenvalue weighted by Gasteiger charge is 2.17. The van der Waals surface area contributed by atoms with E-state index < -0.39 is 0 Å². The average molecular weight is 327 g/mol. The van der Waals surface area contributed by atoms with Gasteiger partial charge in [-0.25, -0.2) is 4.68 Å². The number of halogens is 1. The Hall–Kier alpha value is -1.47. The molecule has 2 heterocycles. The smallest absolute Gasteiger partial charge is 0.228 e. The molecular weight excluding hydrogens is 316 g/mol. The number of ether oxygens (including phenoxy) is 1. The van der Waals surface area contributed by atoms with Crippen LogP contribution in [0.3, 0.4) is 0 Å². The Balaban J connectivity index is 2.43. The number of rotatable bonds is 3. The fourth-order valence-corrected chi connectivity index (χ4v) is 2.18. The molecule has 0 aliphatic carbocycles. The largest absolute Gasteiger partial charge is 0.437 e. The predicted octanol–water partition coefficient (Wildman–Crippen LogP) is 2.31. The highest BCUT2D eigenvalue weighted by molar-refractivity contribution is 9.10. The van der Waals surface area contributed by atoms with Crippen LogP contribution in [0.5, 0.6) is 11.6 Å². The van der Waals surface area contributed by atoms with Crippen LogP contribution in [-0.4, -0.2) is 19.8 Å². The summed E-state index contributed by atoms with van der Waals surface area (Å²) in [5.74, 6) is 1.10. The first-order valence-corrected chi connectivity index (χ1v) is 6.31. The minimum Gasteiger partial charge on any atom is -0.437 e. The molecular formula is C11H11BrN4OS. The summed E-state index contributed by atoms with van der Waals surface area (Å²) < 4.78 is 8.18. The highest BCUT2D eigenvalue weighted by atomic mass is 79.9. The Morgan fingerprint density at radius 2 is 2.22 bits per heavy atom. The van der Waals surface area contributed by atoms with Gasteiger partial charge in [-0.3, -0.25) is 4.98 Å². The lowest BCUT2D eigenvalue weighted by molar-refractivity contribution is 0.428. The third kappa shape index (κ3) is 2.51. The van der Waals surface area contributed by atoms with Crippen molar-refractivity contribution in [3.8, 4) is 11.6 Å². The summed E-state index contributed by atoms with van der Waals surface area (Å²) in [5, 5.41) is 4.24. The molecule has 0 fully saturated rings. The van der Waals surface area contributed by atoms with Crippen molar-refractivity contribution < 1.29 is 4.74 Å². The molecule has 0 unspecified atom stereocenters. The van der Waals surface area contributed by atoms with Gasteiger partial charge < -0.3 is 10.5 Å². The molecule has 2 rings (SSSR count). The average Bonchev–Trinajstić information content (AvgIpc) is 2.53. The number of thiocarbonyl (C=S) groups is 1. The molecule has 7 heteroatoms. The van der Waals surface area contributed by atoms with Crippen LogP contribution in [0.1, 0.15) is 11.3 Å². The van der Waals surface area contributed by atoms with Gasteiger partial charge in [0.1, 0.15) is 10.7 Å². The maximum Gasteiger partial charge on any atom is 0.228 e. The van der Waals surface area contributed by atoms with E-state index in [0.29, 0.717) is 17.2 Å². The number of hydrogen-bond donors (Lipinski definition) is 1. The molecule has 94 valence electrons. The number of hydrogen-bond acceptors (Lipinski definition) is 4. The van der Waals surface area contributed by atoms with Gasteiger partial charge >= 0.3 is 0 Å². The van der Waals surface area contributed by atoms with Crippen LogP contribution in [0.2, 0.25) is 0 Å². The van der Waals surface area contributed by atoms with Gasteiger partial charge in [0.15, 0.2) is 0 Å². The Labute approximate surface area is 118 Å². The molecule has 0 radical (unpaired) electrons. The van der Waals surface area contributed by atoms with Crippen LogP contribution in [0, 0.1) is 6.92 Å². The minimum atomic E-state index is 0.263. The fourth-order valence-electron chi connectivity index (χ4n) is 1.60. The molecule has 18 heavy (non-hydrogen) atoms. The second-order valence-electron chi connectivity index (χ2n) is 3.69. The molecule has 0 aliphatic rings. The molecule has 0 saturated heterocycles. The quantitative estimate of drug-likeness (QED) is 0.877. The molecule has 0 spiro atoms. The standard InChI is InChI=1S/C11H11BrN4OS/c1-6-9(10(13)18)11(16(2)15-6)17-8-3-7(12)4-14-5-8/h3-5H,1-2H3,(H2,13,18). The van der Waals surface area contributed by atoms with E-state index in [4.69, 9.17) is 22.7 Å². The van der Waals surface area contributed by atoms with Gasteiger partial charge in [-0.05, 0) is 28.9 Å². The summed E-state index contributed by atoms with van der Waals surface area (Å²) in [4.78, 5) is 4.29. The first-order valence-electron chi connectivity index (χ1n) is 5.11. The summed E-state index contributed by atoms with van der Waals surface area (Å²) >= 11 is 8.34. The summed E-state index contributed by atoms with van der Waals surface area (Å²) in [7, 11) is 1.77. The highest BCUT2D eigenvalue weighted by Crippen LogP contribution is 2.27. The molecule has 0 aliphatic heterocycles. The summed E-state index contributed by atoms with van der Waals surface area (Å²) in [6.07, 6.45) is 3.28. The van der Waals surface area contributed by atoms with Crippen molar-refractivity contribution in [2.24, 2.45) is 12.8 Å². The van der Waals surface area contributed by atoms with E-state index in [1.54, 1.807) is 30.2 Å². The molecule has 2 aromatic rings. The number of aryl methyl sites for hydroxylation is 2. The molecule has 2 aromatic heterocycles. The van der Waals surface area contributed by atoms with E-state index in [1.807, 2.05) is 6.92 Å². The van der Waals surface area contributed by atoms with Crippen molar-refractivity contribution in [2.75, 3.05) is 0 Å². The van der Waals surface area contributed by atoms with Crippen LogP contribution in [-0.2, 0) is 7.05 Å². The number of nitrogens with zero attached hydrogens (tertiary/aromatic N) is 3. The molecule has 0 amide bonds. The van der Waals surface area contributed by atoms with E-state index in [9.17, 15) is 0 Å². The maximum absolute atomic E-state index is 5.74. The molecule has 2 N–H and O–H groups in total. The summed E-state index contributed by atoms with van der Waals surface area (Å²) in [6, 6.07) is 1.80. The predicted molar refractivity (Wildman–Crippen MR) is 75.8 cm³/mol. The fraction of sp³-hybridized carbons (Fsp3) is 0.182. The molecule has 0 atom stereocenters. The molecule has 0 bridgehead atoms. The van der Waals surface area contributed by atoms with Gasteiger partial charge in [-0.2, -0.15) is 5.10 Å². The van der Waals surface area contributed by atoms with Crippen molar-refractivity contribution in [3.05, 3.63) is 34.2 Å². The van der Waals surface area contributed by atoms with Gasteiger partial charge in [0, 0.05) is 17.7 Å². The van der Waals surface area contributed by atoms with Crippen LogP contribution in [0.4, 0.5) is 0 Å². The Morgan fingerprint density at radius 1 is 1.50 bits per heavy atom. The van der Waals surface area contributed by atoms with Crippen LogP contribution >= 0.6 is 28.1 Å². The van der Waals surface area contributed by atoms with Crippen molar-refractivity contribution in [1.29, 1.82) is 0 Å². The van der Waals surface area contributed by atoms with Crippen LogP contribution in [0.25, 0.3) is 0 Å². The zero-order valence-corrected chi connectivity index (χ0v) is 12.2. The van der Waals surface area contributed by atoms with Crippen LogP contribution in [0.15, 0.2) is 22.9 Å². The second kappa shape index (κ2) is 5.03. The number of pyridine rings is 1. The Morgan fingerprint density at radius 3 is 2.83 bits per heavy atom. The number of aromatic nitrogens is 3. The number of nitrogens with two attached hydrogens (primary N) is 1. The molecule has 0 aromatic carbocycles. The van der Waals surface area contributed by atoms with Gasteiger partial charge in [0.25, 0.3) is 0 Å². The topological polar surface area (TPSA) is 66.0 Å². The van der Waals surface area contributed by atoms with E-state index in [0.717, 1.165) is 10.2 Å².